The second-order valence-corrected chi connectivity index (χ2v) is 8.16. The fourth-order valence-electron chi connectivity index (χ4n) is 5.11. The highest BCUT2D eigenvalue weighted by Crippen LogP contribution is 2.42. The van der Waals surface area contributed by atoms with Crippen LogP contribution in [0.3, 0.4) is 0 Å². The molecule has 2 aromatic heterocycles. The minimum absolute atomic E-state index is 0.135. The first-order valence-electron chi connectivity index (χ1n) is 9.72. The highest BCUT2D eigenvalue weighted by Gasteiger charge is 2.47. The number of aromatic nitrogens is 2. The summed E-state index contributed by atoms with van der Waals surface area (Å²) in [5.41, 5.74) is 1.09. The maximum Gasteiger partial charge on any atom is 0.127 e. The van der Waals surface area contributed by atoms with E-state index in [0.717, 1.165) is 42.1 Å². The maximum absolute atomic E-state index is 14.1. The van der Waals surface area contributed by atoms with Crippen molar-refractivity contribution < 1.29 is 9.50 Å². The van der Waals surface area contributed by atoms with Crippen LogP contribution in [0.5, 0.6) is 0 Å². The van der Waals surface area contributed by atoms with Gasteiger partial charge < -0.3 is 9.67 Å². The summed E-state index contributed by atoms with van der Waals surface area (Å²) in [4.78, 5) is 6.63. The molecule has 140 valence electrons. The lowest BCUT2D eigenvalue weighted by Crippen LogP contribution is -2.52. The molecular formula is C22H24FN3O. The minimum atomic E-state index is -0.723. The molecule has 0 amide bonds. The van der Waals surface area contributed by atoms with Gasteiger partial charge in [-0.05, 0) is 43.9 Å². The van der Waals surface area contributed by atoms with Gasteiger partial charge in [-0.1, -0.05) is 18.2 Å². The second kappa shape index (κ2) is 6.43. The van der Waals surface area contributed by atoms with Gasteiger partial charge in [-0.25, -0.2) is 4.39 Å². The van der Waals surface area contributed by atoms with E-state index in [-0.39, 0.29) is 5.82 Å². The van der Waals surface area contributed by atoms with E-state index in [1.54, 1.807) is 12.3 Å². The third-order valence-electron chi connectivity index (χ3n) is 6.35. The molecule has 1 aromatic carbocycles. The SMILES string of the molecule is OC1(Cn2ccc3ccncc32)C[C@H]2CC[C@H](C1)N2Cc1ccccc1F. The van der Waals surface area contributed by atoms with Gasteiger partial charge in [0.2, 0.25) is 0 Å². The van der Waals surface area contributed by atoms with E-state index in [1.165, 1.54) is 6.07 Å². The number of hydrogen-bond acceptors (Lipinski definition) is 3. The summed E-state index contributed by atoms with van der Waals surface area (Å²) in [5, 5.41) is 12.5. The molecule has 0 spiro atoms. The Balaban J connectivity index is 1.35. The molecule has 0 radical (unpaired) electrons. The molecule has 2 bridgehead atoms. The van der Waals surface area contributed by atoms with Crippen LogP contribution in [-0.2, 0) is 13.1 Å². The standard InChI is InChI=1S/C22H24FN3O/c23-20-4-2-1-3-17(20)14-26-18-5-6-19(26)12-22(27,11-18)15-25-10-8-16-7-9-24-13-21(16)25/h1-4,7-10,13,18-19,27H,5-6,11-12,14-15H2/t18-,19-/m1/s1. The topological polar surface area (TPSA) is 41.3 Å². The highest BCUT2D eigenvalue weighted by molar-refractivity contribution is 5.78. The van der Waals surface area contributed by atoms with Crippen molar-refractivity contribution in [2.24, 2.45) is 0 Å². The van der Waals surface area contributed by atoms with Crippen LogP contribution in [0.15, 0.2) is 55.0 Å². The highest BCUT2D eigenvalue weighted by atomic mass is 19.1. The molecule has 2 atom stereocenters. The summed E-state index contributed by atoms with van der Waals surface area (Å²) < 4.78 is 16.2. The second-order valence-electron chi connectivity index (χ2n) is 8.16. The zero-order valence-electron chi connectivity index (χ0n) is 15.3. The van der Waals surface area contributed by atoms with Crippen LogP contribution in [0.25, 0.3) is 10.9 Å². The van der Waals surface area contributed by atoms with Crippen LogP contribution in [-0.4, -0.2) is 37.2 Å². The molecule has 3 aromatic rings. The number of benzene rings is 1. The van der Waals surface area contributed by atoms with Crippen LogP contribution in [0.4, 0.5) is 4.39 Å². The molecule has 1 N–H and O–H groups in total. The Morgan fingerprint density at radius 3 is 2.67 bits per heavy atom. The number of nitrogens with zero attached hydrogens (tertiary/aromatic N) is 3. The molecule has 2 aliphatic rings. The van der Waals surface area contributed by atoms with E-state index in [9.17, 15) is 9.50 Å². The lowest BCUT2D eigenvalue weighted by atomic mass is 9.85. The number of aliphatic hydroxyl groups is 1. The molecular weight excluding hydrogens is 341 g/mol. The Hall–Kier alpha value is -2.24. The van der Waals surface area contributed by atoms with E-state index in [4.69, 9.17) is 0 Å². The molecule has 0 aliphatic carbocycles. The van der Waals surface area contributed by atoms with Gasteiger partial charge in [0.15, 0.2) is 0 Å². The summed E-state index contributed by atoms with van der Waals surface area (Å²) in [5.74, 6) is -0.135. The molecule has 2 saturated heterocycles. The third-order valence-corrected chi connectivity index (χ3v) is 6.35. The third kappa shape index (κ3) is 3.05. The van der Waals surface area contributed by atoms with Crippen molar-refractivity contribution in [3.63, 3.8) is 0 Å². The number of fused-ring (bicyclic) bond motifs is 3. The van der Waals surface area contributed by atoms with Gasteiger partial charge in [0, 0.05) is 42.0 Å². The summed E-state index contributed by atoms with van der Waals surface area (Å²) in [6.07, 6.45) is 9.32. The molecule has 5 rings (SSSR count). The smallest absolute Gasteiger partial charge is 0.127 e. The minimum Gasteiger partial charge on any atom is -0.388 e. The predicted molar refractivity (Wildman–Crippen MR) is 103 cm³/mol. The van der Waals surface area contributed by atoms with Crippen molar-refractivity contribution in [2.45, 2.75) is 56.5 Å². The van der Waals surface area contributed by atoms with Crippen molar-refractivity contribution in [1.82, 2.24) is 14.5 Å². The van der Waals surface area contributed by atoms with Gasteiger partial charge in [0.1, 0.15) is 5.82 Å². The fourth-order valence-corrected chi connectivity index (χ4v) is 5.11. The first-order valence-corrected chi connectivity index (χ1v) is 9.72. The van der Waals surface area contributed by atoms with Crippen LogP contribution in [0, 0.1) is 5.82 Å². The Kier molecular flexibility index (Phi) is 4.02. The lowest BCUT2D eigenvalue weighted by molar-refractivity contribution is -0.0646. The zero-order chi connectivity index (χ0) is 18.4. The number of rotatable bonds is 4. The van der Waals surface area contributed by atoms with Gasteiger partial charge in [0.25, 0.3) is 0 Å². The lowest BCUT2D eigenvalue weighted by Gasteiger charge is -2.44. The van der Waals surface area contributed by atoms with Crippen molar-refractivity contribution >= 4 is 10.9 Å². The van der Waals surface area contributed by atoms with E-state index in [0.29, 0.717) is 25.2 Å². The van der Waals surface area contributed by atoms with Crippen LogP contribution in [0.2, 0.25) is 0 Å². The molecule has 4 nitrogen and oxygen atoms in total. The normalized spacial score (nSPS) is 28.1. The maximum atomic E-state index is 14.1. The zero-order valence-corrected chi connectivity index (χ0v) is 15.3. The number of piperidine rings is 1. The molecule has 0 unspecified atom stereocenters. The Bertz CT molecular complexity index is 955. The Morgan fingerprint density at radius 2 is 1.89 bits per heavy atom. The Morgan fingerprint density at radius 1 is 1.11 bits per heavy atom. The predicted octanol–water partition coefficient (Wildman–Crippen LogP) is 3.73. The van der Waals surface area contributed by atoms with Crippen LogP contribution >= 0.6 is 0 Å². The van der Waals surface area contributed by atoms with Crippen molar-refractivity contribution in [2.75, 3.05) is 0 Å². The molecule has 2 fully saturated rings. The van der Waals surface area contributed by atoms with Gasteiger partial charge in [0.05, 0.1) is 23.9 Å². The average molecular weight is 365 g/mol. The average Bonchev–Trinajstić information content (AvgIpc) is 3.16. The number of hydrogen-bond donors (Lipinski definition) is 1. The first-order chi connectivity index (χ1) is 13.1. The number of pyridine rings is 1. The van der Waals surface area contributed by atoms with Crippen molar-refractivity contribution in [1.29, 1.82) is 0 Å². The summed E-state index contributed by atoms with van der Waals surface area (Å²) in [6, 6.07) is 11.7. The molecule has 4 heterocycles. The van der Waals surface area contributed by atoms with Crippen LogP contribution < -0.4 is 0 Å². The molecule has 0 saturated carbocycles. The Labute approximate surface area is 158 Å². The monoisotopic (exact) mass is 365 g/mol. The summed E-state index contributed by atoms with van der Waals surface area (Å²) >= 11 is 0. The van der Waals surface area contributed by atoms with Crippen LogP contribution in [0.1, 0.15) is 31.2 Å². The number of halogens is 1. The van der Waals surface area contributed by atoms with Gasteiger partial charge in [-0.2, -0.15) is 0 Å². The fraction of sp³-hybridized carbons (Fsp3) is 0.409. The van der Waals surface area contributed by atoms with Gasteiger partial charge in [-0.15, -0.1) is 0 Å². The van der Waals surface area contributed by atoms with Crippen molar-refractivity contribution in [3.8, 4) is 0 Å². The van der Waals surface area contributed by atoms with Gasteiger partial charge in [-0.3, -0.25) is 9.88 Å². The molecule has 5 heteroatoms. The quantitative estimate of drug-likeness (QED) is 0.766. The molecule has 2 aliphatic heterocycles. The van der Waals surface area contributed by atoms with E-state index >= 15 is 0 Å². The summed E-state index contributed by atoms with van der Waals surface area (Å²) in [6.45, 7) is 1.22. The van der Waals surface area contributed by atoms with E-state index in [1.807, 2.05) is 30.6 Å². The summed E-state index contributed by atoms with van der Waals surface area (Å²) in [7, 11) is 0. The largest absolute Gasteiger partial charge is 0.388 e. The first kappa shape index (κ1) is 16.9. The van der Waals surface area contributed by atoms with Gasteiger partial charge >= 0.3 is 0 Å². The van der Waals surface area contributed by atoms with E-state index < -0.39 is 5.60 Å². The molecule has 27 heavy (non-hydrogen) atoms. The van der Waals surface area contributed by atoms with Crippen molar-refractivity contribution in [3.05, 3.63) is 66.4 Å². The van der Waals surface area contributed by atoms with E-state index in [2.05, 4.69) is 20.5 Å².